The second kappa shape index (κ2) is 11.7. The Bertz CT molecular complexity index is 1360. The lowest BCUT2D eigenvalue weighted by Gasteiger charge is -2.31. The first-order valence-corrected chi connectivity index (χ1v) is 14.4. The van der Waals surface area contributed by atoms with E-state index >= 15 is 0 Å². The Morgan fingerprint density at radius 2 is 1.87 bits per heavy atom. The summed E-state index contributed by atoms with van der Waals surface area (Å²) in [6, 6.07) is 6.19. The summed E-state index contributed by atoms with van der Waals surface area (Å²) in [4.78, 5) is 27.7. The minimum Gasteiger partial charge on any atom is -0.393 e. The maximum absolute atomic E-state index is 14.0. The number of likely N-dealkylation sites (N-methyl/N-ethyl adjacent to an activating group) is 1. The Kier molecular flexibility index (Phi) is 8.17. The topological polar surface area (TPSA) is 101 Å². The monoisotopic (exact) mass is 518 g/mol. The van der Waals surface area contributed by atoms with Crippen LogP contribution in [0.2, 0.25) is 0 Å². The van der Waals surface area contributed by atoms with Crippen LogP contribution in [0.1, 0.15) is 77.7 Å². The molecule has 1 aliphatic heterocycles. The van der Waals surface area contributed by atoms with E-state index in [-0.39, 0.29) is 23.7 Å². The van der Waals surface area contributed by atoms with Crippen molar-refractivity contribution in [3.05, 3.63) is 46.5 Å². The summed E-state index contributed by atoms with van der Waals surface area (Å²) in [6.45, 7) is 8.25. The van der Waals surface area contributed by atoms with Gasteiger partial charge in [0, 0.05) is 55.2 Å². The predicted octanol–water partition coefficient (Wildman–Crippen LogP) is 5.00. The molecule has 0 unspecified atom stereocenters. The van der Waals surface area contributed by atoms with E-state index < -0.39 is 0 Å². The zero-order valence-corrected chi connectivity index (χ0v) is 22.9. The number of allylic oxidation sites excluding steroid dienone is 2. The van der Waals surface area contributed by atoms with Gasteiger partial charge in [0.25, 0.3) is 5.56 Å². The maximum atomic E-state index is 14.0. The molecule has 0 atom stereocenters. The molecule has 0 amide bonds. The van der Waals surface area contributed by atoms with Crippen molar-refractivity contribution in [2.45, 2.75) is 83.8 Å². The van der Waals surface area contributed by atoms with E-state index in [4.69, 9.17) is 5.73 Å². The minimum absolute atomic E-state index is 0.0102. The highest BCUT2D eigenvalue weighted by Crippen LogP contribution is 2.32. The lowest BCUT2D eigenvalue weighted by molar-refractivity contribution is 0.111. The molecule has 3 heterocycles. The van der Waals surface area contributed by atoms with Crippen LogP contribution in [0, 0.1) is 0 Å². The summed E-state index contributed by atoms with van der Waals surface area (Å²) in [6.07, 6.45) is 13.0. The highest BCUT2D eigenvalue weighted by atomic mass is 16.3. The van der Waals surface area contributed by atoms with Crippen molar-refractivity contribution in [3.63, 3.8) is 0 Å². The predicted molar refractivity (Wildman–Crippen MR) is 156 cm³/mol. The molecule has 204 valence electrons. The van der Waals surface area contributed by atoms with Crippen molar-refractivity contribution >= 4 is 33.4 Å². The molecule has 0 spiro atoms. The number of aliphatic hydroxyl groups is 1. The van der Waals surface area contributed by atoms with Crippen LogP contribution in [-0.4, -0.2) is 56.8 Å². The molecule has 3 aromatic rings. The molecule has 1 saturated carbocycles. The number of aliphatic hydroxyl groups excluding tert-OH is 1. The molecule has 0 saturated heterocycles. The van der Waals surface area contributed by atoms with Crippen molar-refractivity contribution in [2.75, 3.05) is 36.8 Å². The zero-order chi connectivity index (χ0) is 26.6. The molecule has 8 heteroatoms. The normalized spacial score (nSPS) is 22.5. The van der Waals surface area contributed by atoms with Crippen LogP contribution in [0.25, 0.3) is 21.8 Å². The summed E-state index contributed by atoms with van der Waals surface area (Å²) in [5, 5.41) is 12.4. The van der Waals surface area contributed by atoms with Gasteiger partial charge in [0.05, 0.1) is 11.5 Å². The van der Waals surface area contributed by atoms with E-state index in [0.29, 0.717) is 23.9 Å². The third kappa shape index (κ3) is 5.51. The SMILES string of the molecule is CCN(CCN1CCCCCC/C=C\1C)c1ccc2c(c1)c(=O)n(C1CCC(O)CC1)c1nc(N)ncc21. The summed E-state index contributed by atoms with van der Waals surface area (Å²) in [7, 11) is 0. The number of benzene rings is 1. The second-order valence-corrected chi connectivity index (χ2v) is 10.9. The van der Waals surface area contributed by atoms with E-state index in [1.807, 2.05) is 16.7 Å². The number of aromatic nitrogens is 3. The quantitative estimate of drug-likeness (QED) is 0.443. The first-order valence-electron chi connectivity index (χ1n) is 14.4. The molecule has 1 fully saturated rings. The van der Waals surface area contributed by atoms with Crippen LogP contribution in [0.4, 0.5) is 11.6 Å². The third-order valence-corrected chi connectivity index (χ3v) is 8.50. The molecular weight excluding hydrogens is 476 g/mol. The fourth-order valence-corrected chi connectivity index (χ4v) is 6.20. The fraction of sp³-hybridized carbons (Fsp3) is 0.567. The van der Waals surface area contributed by atoms with E-state index in [9.17, 15) is 9.90 Å². The number of hydrogen-bond acceptors (Lipinski definition) is 7. The van der Waals surface area contributed by atoms with Gasteiger partial charge in [-0.3, -0.25) is 9.36 Å². The van der Waals surface area contributed by atoms with Crippen molar-refractivity contribution in [3.8, 4) is 0 Å². The summed E-state index contributed by atoms with van der Waals surface area (Å²) >= 11 is 0. The number of nitrogens with two attached hydrogens (primary N) is 1. The zero-order valence-electron chi connectivity index (χ0n) is 22.9. The van der Waals surface area contributed by atoms with Crippen LogP contribution in [0.5, 0.6) is 0 Å². The van der Waals surface area contributed by atoms with Crippen LogP contribution >= 0.6 is 0 Å². The van der Waals surface area contributed by atoms with Gasteiger partial charge in [-0.15, -0.1) is 0 Å². The van der Waals surface area contributed by atoms with Crippen LogP contribution < -0.4 is 16.2 Å². The molecule has 0 radical (unpaired) electrons. The van der Waals surface area contributed by atoms with Crippen molar-refractivity contribution in [1.29, 1.82) is 0 Å². The van der Waals surface area contributed by atoms with E-state index in [0.717, 1.165) is 55.5 Å². The molecule has 1 aliphatic carbocycles. The highest BCUT2D eigenvalue weighted by molar-refractivity contribution is 6.05. The Labute approximate surface area is 225 Å². The summed E-state index contributed by atoms with van der Waals surface area (Å²) < 4.78 is 1.82. The van der Waals surface area contributed by atoms with Gasteiger partial charge in [-0.25, -0.2) is 4.98 Å². The molecule has 8 nitrogen and oxygen atoms in total. The Morgan fingerprint density at radius 3 is 2.66 bits per heavy atom. The van der Waals surface area contributed by atoms with E-state index in [1.165, 1.54) is 37.8 Å². The van der Waals surface area contributed by atoms with Gasteiger partial charge in [-0.1, -0.05) is 25.0 Å². The molecule has 5 rings (SSSR count). The first kappa shape index (κ1) is 26.5. The fourth-order valence-electron chi connectivity index (χ4n) is 6.20. The van der Waals surface area contributed by atoms with Gasteiger partial charge < -0.3 is 20.6 Å². The number of hydrogen-bond donors (Lipinski definition) is 2. The van der Waals surface area contributed by atoms with Gasteiger partial charge in [-0.2, -0.15) is 4.98 Å². The average molecular weight is 519 g/mol. The molecular formula is C30H42N6O2. The number of nitrogen functional groups attached to an aromatic ring is 1. The maximum Gasteiger partial charge on any atom is 0.260 e. The van der Waals surface area contributed by atoms with Crippen molar-refractivity contribution < 1.29 is 5.11 Å². The molecule has 1 aromatic carbocycles. The lowest BCUT2D eigenvalue weighted by Crippen LogP contribution is -2.35. The molecule has 2 aliphatic rings. The van der Waals surface area contributed by atoms with Gasteiger partial charge in [0.2, 0.25) is 5.95 Å². The van der Waals surface area contributed by atoms with Crippen LogP contribution in [0.15, 0.2) is 41.0 Å². The van der Waals surface area contributed by atoms with Gasteiger partial charge in [0.15, 0.2) is 0 Å². The molecule has 38 heavy (non-hydrogen) atoms. The Morgan fingerprint density at radius 1 is 1.08 bits per heavy atom. The Hall–Kier alpha value is -3.13. The van der Waals surface area contributed by atoms with Crippen molar-refractivity contribution in [2.24, 2.45) is 0 Å². The number of anilines is 2. The lowest BCUT2D eigenvalue weighted by atomic mass is 9.92. The average Bonchev–Trinajstić information content (AvgIpc) is 3.02. The van der Waals surface area contributed by atoms with Crippen LogP contribution in [0.3, 0.4) is 0 Å². The highest BCUT2D eigenvalue weighted by Gasteiger charge is 2.25. The van der Waals surface area contributed by atoms with Crippen molar-refractivity contribution in [1.82, 2.24) is 19.4 Å². The van der Waals surface area contributed by atoms with E-state index in [2.05, 4.69) is 45.8 Å². The number of nitrogens with zero attached hydrogens (tertiary/aromatic N) is 5. The van der Waals surface area contributed by atoms with E-state index in [1.54, 1.807) is 6.20 Å². The smallest absolute Gasteiger partial charge is 0.260 e. The van der Waals surface area contributed by atoms with Gasteiger partial charge in [-0.05, 0) is 76.3 Å². The largest absolute Gasteiger partial charge is 0.393 e. The Balaban J connectivity index is 1.50. The summed E-state index contributed by atoms with van der Waals surface area (Å²) in [5.74, 6) is 0.166. The molecule has 2 aromatic heterocycles. The molecule has 3 N–H and O–H groups in total. The summed E-state index contributed by atoms with van der Waals surface area (Å²) in [5.41, 5.74) is 8.95. The second-order valence-electron chi connectivity index (χ2n) is 10.9. The molecule has 0 bridgehead atoms. The van der Waals surface area contributed by atoms with Crippen LogP contribution in [-0.2, 0) is 0 Å². The first-order chi connectivity index (χ1) is 18.5. The standard InChI is InChI=1S/C30H42N6O2/c1-3-34(17-18-35-16-8-6-4-5-7-9-21(35)2)23-12-15-25-26(19-23)29(38)36(22-10-13-24(37)14-11-22)28-27(25)20-32-30(31)33-28/h9,12,15,19-20,22,24,37H,3-8,10-11,13-14,16-18H2,1-2H3,(H2,31,32,33)/b21-9-. The number of pyridine rings is 1. The number of fused-ring (bicyclic) bond motifs is 3. The van der Waals surface area contributed by atoms with Gasteiger partial charge in [0.1, 0.15) is 5.65 Å². The number of rotatable bonds is 6. The minimum atomic E-state index is -0.297. The third-order valence-electron chi connectivity index (χ3n) is 8.50. The van der Waals surface area contributed by atoms with Gasteiger partial charge >= 0.3 is 0 Å².